The second-order valence-corrected chi connectivity index (χ2v) is 8.51. The molecule has 0 saturated carbocycles. The zero-order valence-corrected chi connectivity index (χ0v) is 18.8. The molecule has 0 aliphatic carbocycles. The van der Waals surface area contributed by atoms with Crippen LogP contribution in [0.4, 0.5) is 4.39 Å². The Morgan fingerprint density at radius 2 is 1.61 bits per heavy atom. The highest BCUT2D eigenvalue weighted by atomic mass is 35.5. The van der Waals surface area contributed by atoms with Crippen LogP contribution in [0.3, 0.4) is 0 Å². The lowest BCUT2D eigenvalue weighted by Crippen LogP contribution is -2.07. The first kappa shape index (κ1) is 21.4. The minimum atomic E-state index is -0.329. The number of benzene rings is 3. The Labute approximate surface area is 190 Å². The van der Waals surface area contributed by atoms with Gasteiger partial charge in [-0.3, -0.25) is 4.57 Å². The Morgan fingerprint density at radius 3 is 2.29 bits per heavy atom. The lowest BCUT2D eigenvalue weighted by molar-refractivity contribution is 0.292. The van der Waals surface area contributed by atoms with Crippen LogP contribution in [-0.2, 0) is 12.4 Å². The number of aromatic nitrogens is 3. The molecule has 0 N–H and O–H groups in total. The van der Waals surface area contributed by atoms with Gasteiger partial charge in [-0.25, -0.2) is 4.39 Å². The summed E-state index contributed by atoms with van der Waals surface area (Å²) in [6.07, 6.45) is 0. The number of hydrogen-bond donors (Lipinski definition) is 0. The molecule has 0 aliphatic rings. The molecule has 0 aliphatic heterocycles. The quantitative estimate of drug-likeness (QED) is 0.297. The number of rotatable bonds is 7. The van der Waals surface area contributed by atoms with Crippen LogP contribution in [0.1, 0.15) is 22.5 Å². The maximum atomic E-state index is 14.2. The zero-order chi connectivity index (χ0) is 21.8. The number of aryl methyl sites for hydroxylation is 2. The van der Waals surface area contributed by atoms with Crippen LogP contribution >= 0.6 is 23.4 Å². The molecule has 0 spiro atoms. The molecule has 4 aromatic rings. The molecular formula is C24H21ClFN3OS. The number of nitrogens with zero attached hydrogens (tertiary/aromatic N) is 3. The SMILES string of the molecule is Cc1ccc(OCc2nnc(SCc3c(F)cccc3Cl)n2-c2ccc(C)cc2)cc1. The number of halogens is 2. The predicted octanol–water partition coefficient (Wildman–Crippen LogP) is 6.55. The fourth-order valence-electron chi connectivity index (χ4n) is 3.03. The Kier molecular flexibility index (Phi) is 6.59. The van der Waals surface area contributed by atoms with Crippen LogP contribution in [0.2, 0.25) is 5.02 Å². The standard InChI is InChI=1S/C24H21ClFN3OS/c1-16-6-10-18(11-7-16)29-23(14-30-19-12-8-17(2)9-13-19)27-28-24(29)31-15-20-21(25)4-3-5-22(20)26/h3-13H,14-15H2,1-2H3. The summed E-state index contributed by atoms with van der Waals surface area (Å²) in [5.74, 6) is 1.43. The van der Waals surface area contributed by atoms with Crippen molar-refractivity contribution in [1.29, 1.82) is 0 Å². The Hall–Kier alpha value is -2.83. The van der Waals surface area contributed by atoms with Gasteiger partial charge >= 0.3 is 0 Å². The summed E-state index contributed by atoms with van der Waals surface area (Å²) in [5, 5.41) is 9.74. The highest BCUT2D eigenvalue weighted by Crippen LogP contribution is 2.30. The molecule has 1 heterocycles. The van der Waals surface area contributed by atoms with E-state index in [0.29, 0.717) is 27.3 Å². The summed E-state index contributed by atoms with van der Waals surface area (Å²) in [6.45, 7) is 4.32. The van der Waals surface area contributed by atoms with Crippen LogP contribution in [0, 0.1) is 19.7 Å². The van der Waals surface area contributed by atoms with Gasteiger partial charge in [0.15, 0.2) is 11.0 Å². The van der Waals surface area contributed by atoms with Gasteiger partial charge in [-0.05, 0) is 50.2 Å². The molecular weight excluding hydrogens is 433 g/mol. The van der Waals surface area contributed by atoms with Crippen molar-refractivity contribution in [1.82, 2.24) is 14.8 Å². The van der Waals surface area contributed by atoms with Crippen molar-refractivity contribution in [2.45, 2.75) is 31.4 Å². The predicted molar refractivity (Wildman–Crippen MR) is 123 cm³/mol. The Bertz CT molecular complexity index is 1160. The fraction of sp³-hybridized carbons (Fsp3) is 0.167. The van der Waals surface area contributed by atoms with Gasteiger partial charge in [0.05, 0.1) is 0 Å². The van der Waals surface area contributed by atoms with E-state index in [-0.39, 0.29) is 12.4 Å². The molecule has 0 radical (unpaired) electrons. The van der Waals surface area contributed by atoms with Gasteiger partial charge in [-0.2, -0.15) is 0 Å². The van der Waals surface area contributed by atoms with Gasteiger partial charge in [0.25, 0.3) is 0 Å². The fourth-order valence-corrected chi connectivity index (χ4v) is 4.34. The van der Waals surface area contributed by atoms with E-state index in [0.717, 1.165) is 17.0 Å². The highest BCUT2D eigenvalue weighted by molar-refractivity contribution is 7.98. The van der Waals surface area contributed by atoms with Gasteiger partial charge in [0.2, 0.25) is 0 Å². The van der Waals surface area contributed by atoms with Crippen molar-refractivity contribution in [3.8, 4) is 11.4 Å². The monoisotopic (exact) mass is 453 g/mol. The third-order valence-corrected chi connectivity index (χ3v) is 6.10. The van der Waals surface area contributed by atoms with Crippen molar-refractivity contribution in [2.24, 2.45) is 0 Å². The topological polar surface area (TPSA) is 39.9 Å². The van der Waals surface area contributed by atoms with Crippen molar-refractivity contribution < 1.29 is 9.13 Å². The smallest absolute Gasteiger partial charge is 0.196 e. The third kappa shape index (κ3) is 5.09. The zero-order valence-electron chi connectivity index (χ0n) is 17.2. The molecule has 0 bridgehead atoms. The molecule has 0 unspecified atom stereocenters. The molecule has 3 aromatic carbocycles. The molecule has 4 nitrogen and oxygen atoms in total. The summed E-state index contributed by atoms with van der Waals surface area (Å²) in [4.78, 5) is 0. The maximum Gasteiger partial charge on any atom is 0.196 e. The Balaban J connectivity index is 1.61. The van der Waals surface area contributed by atoms with Gasteiger partial charge in [-0.15, -0.1) is 10.2 Å². The average Bonchev–Trinajstić information content (AvgIpc) is 3.16. The van der Waals surface area contributed by atoms with E-state index in [2.05, 4.69) is 10.2 Å². The molecule has 4 rings (SSSR count). The van der Waals surface area contributed by atoms with Crippen molar-refractivity contribution in [2.75, 3.05) is 0 Å². The second-order valence-electron chi connectivity index (χ2n) is 7.16. The lowest BCUT2D eigenvalue weighted by atomic mass is 10.2. The molecule has 0 saturated heterocycles. The number of thioether (sulfide) groups is 1. The molecule has 7 heteroatoms. The van der Waals surface area contributed by atoms with Crippen LogP contribution in [0.15, 0.2) is 71.9 Å². The molecule has 0 atom stereocenters. The molecule has 0 amide bonds. The van der Waals surface area contributed by atoms with E-state index >= 15 is 0 Å². The largest absolute Gasteiger partial charge is 0.486 e. The van der Waals surface area contributed by atoms with Crippen molar-refractivity contribution >= 4 is 23.4 Å². The van der Waals surface area contributed by atoms with Crippen LogP contribution in [-0.4, -0.2) is 14.8 Å². The summed E-state index contributed by atoms with van der Waals surface area (Å²) in [5.41, 5.74) is 3.69. The number of hydrogen-bond acceptors (Lipinski definition) is 4. The minimum Gasteiger partial charge on any atom is -0.486 e. The molecule has 31 heavy (non-hydrogen) atoms. The van der Waals surface area contributed by atoms with Gasteiger partial charge < -0.3 is 4.74 Å². The van der Waals surface area contributed by atoms with E-state index in [4.69, 9.17) is 16.3 Å². The summed E-state index contributed by atoms with van der Waals surface area (Å²) >= 11 is 7.57. The van der Waals surface area contributed by atoms with Gasteiger partial charge in [-0.1, -0.05) is 64.8 Å². The average molecular weight is 454 g/mol. The lowest BCUT2D eigenvalue weighted by Gasteiger charge is -2.12. The van der Waals surface area contributed by atoms with E-state index in [1.54, 1.807) is 12.1 Å². The molecule has 158 valence electrons. The molecule has 0 fully saturated rings. The summed E-state index contributed by atoms with van der Waals surface area (Å²) in [6, 6.07) is 20.6. The van der Waals surface area contributed by atoms with Gasteiger partial charge in [0, 0.05) is 22.0 Å². The van der Waals surface area contributed by atoms with Crippen molar-refractivity contribution in [3.05, 3.63) is 100 Å². The van der Waals surface area contributed by atoms with Crippen LogP contribution < -0.4 is 4.74 Å². The van der Waals surface area contributed by atoms with E-state index < -0.39 is 0 Å². The van der Waals surface area contributed by atoms with E-state index in [1.807, 2.05) is 66.9 Å². The normalized spacial score (nSPS) is 11.0. The van der Waals surface area contributed by atoms with E-state index in [1.165, 1.54) is 23.4 Å². The second kappa shape index (κ2) is 9.54. The van der Waals surface area contributed by atoms with Gasteiger partial charge in [0.1, 0.15) is 18.2 Å². The summed E-state index contributed by atoms with van der Waals surface area (Å²) < 4.78 is 22.1. The first-order valence-electron chi connectivity index (χ1n) is 9.78. The number of ether oxygens (including phenoxy) is 1. The summed E-state index contributed by atoms with van der Waals surface area (Å²) in [7, 11) is 0. The Morgan fingerprint density at radius 1 is 0.935 bits per heavy atom. The van der Waals surface area contributed by atoms with E-state index in [9.17, 15) is 4.39 Å². The maximum absolute atomic E-state index is 14.2. The van der Waals surface area contributed by atoms with Crippen molar-refractivity contribution in [3.63, 3.8) is 0 Å². The van der Waals surface area contributed by atoms with Crippen LogP contribution in [0.5, 0.6) is 5.75 Å². The first-order valence-corrected chi connectivity index (χ1v) is 11.1. The highest BCUT2D eigenvalue weighted by Gasteiger charge is 2.17. The first-order chi connectivity index (χ1) is 15.0. The minimum absolute atomic E-state index is 0.255. The third-order valence-electron chi connectivity index (χ3n) is 4.79. The molecule has 1 aromatic heterocycles. The van der Waals surface area contributed by atoms with Crippen LogP contribution in [0.25, 0.3) is 5.69 Å².